The topological polar surface area (TPSA) is 38.5 Å². The second kappa shape index (κ2) is 5.88. The zero-order valence-electron chi connectivity index (χ0n) is 11.9. The van der Waals surface area contributed by atoms with Crippen molar-refractivity contribution in [2.45, 2.75) is 38.8 Å². The van der Waals surface area contributed by atoms with Crippen LogP contribution >= 0.6 is 0 Å². The minimum absolute atomic E-state index is 0.173. The molecule has 0 spiro atoms. The molecule has 0 aromatic heterocycles. The van der Waals surface area contributed by atoms with Gasteiger partial charge in [0.1, 0.15) is 5.82 Å². The summed E-state index contributed by atoms with van der Waals surface area (Å²) in [7, 11) is 1.75. The van der Waals surface area contributed by atoms with E-state index in [9.17, 15) is 4.39 Å². The van der Waals surface area contributed by atoms with Crippen LogP contribution in [0, 0.1) is 12.7 Å². The van der Waals surface area contributed by atoms with E-state index < -0.39 is 0 Å². The Hall–Kier alpha value is -1.13. The van der Waals surface area contributed by atoms with Crippen LogP contribution in [-0.4, -0.2) is 26.3 Å². The summed E-state index contributed by atoms with van der Waals surface area (Å²) in [6, 6.07) is 3.31. The molecule has 4 heteroatoms. The van der Waals surface area contributed by atoms with Crippen molar-refractivity contribution >= 4 is 5.69 Å². The molecule has 1 fully saturated rings. The number of methoxy groups -OCH3 is 1. The molecular weight excluding hydrogens is 243 g/mol. The third kappa shape index (κ3) is 3.07. The van der Waals surface area contributed by atoms with Gasteiger partial charge in [0, 0.05) is 31.9 Å². The van der Waals surface area contributed by atoms with E-state index in [4.69, 9.17) is 10.5 Å². The highest BCUT2D eigenvalue weighted by Gasteiger charge is 2.23. The van der Waals surface area contributed by atoms with Gasteiger partial charge in [-0.25, -0.2) is 4.39 Å². The molecule has 1 heterocycles. The lowest BCUT2D eigenvalue weighted by molar-refractivity contribution is 0.0893. The summed E-state index contributed by atoms with van der Waals surface area (Å²) in [5, 5.41) is 0. The molecule has 0 aliphatic carbocycles. The molecular formula is C15H23FN2O. The van der Waals surface area contributed by atoms with Crippen molar-refractivity contribution in [3.8, 4) is 0 Å². The molecule has 0 radical (unpaired) electrons. The number of piperidine rings is 1. The molecule has 1 aliphatic heterocycles. The molecule has 0 bridgehead atoms. The number of nitrogens with two attached hydrogens (primary N) is 1. The van der Waals surface area contributed by atoms with Crippen LogP contribution in [-0.2, 0) is 4.74 Å². The van der Waals surface area contributed by atoms with Crippen LogP contribution in [0.25, 0.3) is 0 Å². The SMILES string of the molecule is COC1CCCN(c2cc(C)c(F)cc2[C@@H](C)N)C1. The van der Waals surface area contributed by atoms with Crippen molar-refractivity contribution in [2.75, 3.05) is 25.1 Å². The maximum absolute atomic E-state index is 13.7. The summed E-state index contributed by atoms with van der Waals surface area (Å²) in [6.07, 6.45) is 2.42. The number of rotatable bonds is 3. The fraction of sp³-hybridized carbons (Fsp3) is 0.600. The number of ether oxygens (including phenoxy) is 1. The van der Waals surface area contributed by atoms with Crippen LogP contribution in [0.15, 0.2) is 12.1 Å². The molecule has 106 valence electrons. The second-order valence-corrected chi connectivity index (χ2v) is 5.39. The number of hydrogen-bond donors (Lipinski definition) is 1. The van der Waals surface area contributed by atoms with E-state index in [-0.39, 0.29) is 18.0 Å². The molecule has 1 aromatic carbocycles. The Morgan fingerprint density at radius 2 is 2.21 bits per heavy atom. The molecule has 0 amide bonds. The van der Waals surface area contributed by atoms with Gasteiger partial charge in [0.2, 0.25) is 0 Å². The Bertz CT molecular complexity index is 448. The molecule has 1 aromatic rings. The zero-order chi connectivity index (χ0) is 14.0. The number of benzene rings is 1. The maximum atomic E-state index is 13.7. The van der Waals surface area contributed by atoms with Crippen molar-refractivity contribution in [1.29, 1.82) is 0 Å². The molecule has 1 saturated heterocycles. The molecule has 2 atom stereocenters. The summed E-state index contributed by atoms with van der Waals surface area (Å²) in [5.41, 5.74) is 8.57. The normalized spacial score (nSPS) is 21.5. The summed E-state index contributed by atoms with van der Waals surface area (Å²) in [4.78, 5) is 2.27. The first kappa shape index (κ1) is 14.3. The summed E-state index contributed by atoms with van der Waals surface area (Å²) in [5.74, 6) is -0.184. The van der Waals surface area contributed by atoms with Crippen molar-refractivity contribution in [3.63, 3.8) is 0 Å². The number of nitrogens with zero attached hydrogens (tertiary/aromatic N) is 1. The molecule has 3 nitrogen and oxygen atoms in total. The lowest BCUT2D eigenvalue weighted by Gasteiger charge is -2.35. The Morgan fingerprint density at radius 3 is 2.84 bits per heavy atom. The number of aryl methyl sites for hydroxylation is 1. The van der Waals surface area contributed by atoms with Crippen LogP contribution in [0.5, 0.6) is 0 Å². The molecule has 19 heavy (non-hydrogen) atoms. The van der Waals surface area contributed by atoms with Gasteiger partial charge in [0.15, 0.2) is 0 Å². The predicted molar refractivity (Wildman–Crippen MR) is 76.0 cm³/mol. The van der Waals surface area contributed by atoms with Crippen molar-refractivity contribution < 1.29 is 9.13 Å². The lowest BCUT2D eigenvalue weighted by Crippen LogP contribution is -2.40. The van der Waals surface area contributed by atoms with Gasteiger partial charge in [0.05, 0.1) is 6.10 Å². The summed E-state index contributed by atoms with van der Waals surface area (Å²) >= 11 is 0. The number of anilines is 1. The van der Waals surface area contributed by atoms with Crippen LogP contribution in [0.2, 0.25) is 0 Å². The van der Waals surface area contributed by atoms with Gasteiger partial charge in [-0.15, -0.1) is 0 Å². The fourth-order valence-electron chi connectivity index (χ4n) is 2.67. The average molecular weight is 266 g/mol. The van der Waals surface area contributed by atoms with Gasteiger partial charge in [-0.1, -0.05) is 0 Å². The van der Waals surface area contributed by atoms with Gasteiger partial charge in [-0.3, -0.25) is 0 Å². The molecule has 1 unspecified atom stereocenters. The highest BCUT2D eigenvalue weighted by Crippen LogP contribution is 2.30. The van der Waals surface area contributed by atoms with E-state index in [0.717, 1.165) is 37.2 Å². The van der Waals surface area contributed by atoms with E-state index >= 15 is 0 Å². The average Bonchev–Trinajstić information content (AvgIpc) is 2.41. The van der Waals surface area contributed by atoms with Gasteiger partial charge in [-0.05, 0) is 49.9 Å². The maximum Gasteiger partial charge on any atom is 0.126 e. The number of hydrogen-bond acceptors (Lipinski definition) is 3. The first-order valence-corrected chi connectivity index (χ1v) is 6.86. The highest BCUT2D eigenvalue weighted by molar-refractivity contribution is 5.57. The van der Waals surface area contributed by atoms with Crippen LogP contribution in [0.3, 0.4) is 0 Å². The van der Waals surface area contributed by atoms with Crippen molar-refractivity contribution in [2.24, 2.45) is 5.73 Å². The first-order chi connectivity index (χ1) is 9.02. The van der Waals surface area contributed by atoms with E-state index in [1.165, 1.54) is 0 Å². The van der Waals surface area contributed by atoms with E-state index in [1.54, 1.807) is 20.1 Å². The summed E-state index contributed by atoms with van der Waals surface area (Å²) in [6.45, 7) is 5.51. The first-order valence-electron chi connectivity index (χ1n) is 6.86. The lowest BCUT2D eigenvalue weighted by atomic mass is 10.00. The zero-order valence-corrected chi connectivity index (χ0v) is 11.9. The Labute approximate surface area is 114 Å². The van der Waals surface area contributed by atoms with Crippen molar-refractivity contribution in [3.05, 3.63) is 29.1 Å². The Balaban J connectivity index is 2.34. The molecule has 1 aliphatic rings. The quantitative estimate of drug-likeness (QED) is 0.914. The number of halogens is 1. The smallest absolute Gasteiger partial charge is 0.126 e. The van der Waals surface area contributed by atoms with Crippen LogP contribution in [0.4, 0.5) is 10.1 Å². The largest absolute Gasteiger partial charge is 0.380 e. The Morgan fingerprint density at radius 1 is 1.47 bits per heavy atom. The fourth-order valence-corrected chi connectivity index (χ4v) is 2.67. The highest BCUT2D eigenvalue weighted by atomic mass is 19.1. The standard InChI is InChI=1S/C15H23FN2O/c1-10-7-15(13(11(2)17)8-14(10)16)18-6-4-5-12(9-18)19-3/h7-8,11-12H,4-6,9,17H2,1-3H3/t11-,12?/m1/s1. The minimum Gasteiger partial charge on any atom is -0.380 e. The summed E-state index contributed by atoms with van der Waals surface area (Å²) < 4.78 is 19.2. The predicted octanol–water partition coefficient (Wildman–Crippen LogP) is 2.77. The van der Waals surface area contributed by atoms with Gasteiger partial charge < -0.3 is 15.4 Å². The van der Waals surface area contributed by atoms with Crippen LogP contribution in [0.1, 0.15) is 36.9 Å². The second-order valence-electron chi connectivity index (χ2n) is 5.39. The van der Waals surface area contributed by atoms with Crippen molar-refractivity contribution in [1.82, 2.24) is 0 Å². The van der Waals surface area contributed by atoms with E-state index in [0.29, 0.717) is 5.56 Å². The third-order valence-electron chi connectivity index (χ3n) is 3.85. The third-order valence-corrected chi connectivity index (χ3v) is 3.85. The molecule has 0 saturated carbocycles. The van der Waals surface area contributed by atoms with Gasteiger partial charge in [0.25, 0.3) is 0 Å². The van der Waals surface area contributed by atoms with E-state index in [1.807, 2.05) is 13.0 Å². The van der Waals surface area contributed by atoms with Gasteiger partial charge in [-0.2, -0.15) is 0 Å². The molecule has 2 N–H and O–H groups in total. The Kier molecular flexibility index (Phi) is 4.42. The van der Waals surface area contributed by atoms with Gasteiger partial charge >= 0.3 is 0 Å². The van der Waals surface area contributed by atoms with Crippen LogP contribution < -0.4 is 10.6 Å². The minimum atomic E-state index is -0.184. The molecule has 2 rings (SSSR count). The monoisotopic (exact) mass is 266 g/mol. The van der Waals surface area contributed by atoms with E-state index in [2.05, 4.69) is 4.90 Å².